The minimum absolute atomic E-state index is 0.961. The molecule has 0 amide bonds. The Morgan fingerprint density at radius 1 is 0.340 bits per heavy atom. The molecule has 9 rings (SSSR count). The van der Waals surface area contributed by atoms with Crippen LogP contribution in [-0.2, 0) is 0 Å². The van der Waals surface area contributed by atoms with Crippen molar-refractivity contribution in [3.63, 3.8) is 0 Å². The number of benzene rings is 9. The number of fused-ring (bicyclic) bond motifs is 7. The molecule has 0 saturated heterocycles. The van der Waals surface area contributed by atoms with Crippen molar-refractivity contribution in [2.75, 3.05) is 0 Å². The van der Waals surface area contributed by atoms with Crippen LogP contribution < -0.4 is 0 Å². The standard InChI is InChI=1S/C50H34/c1-33(39-27-23-35-11-3-5-13-40(35)29-39)19-20-34(2)47-31-49-46-18-10-8-16-44(46)48(32-50(49)45-17-9-7-15-43(45)47)38-25-21-37(22-26-38)42-28-24-36-12-4-6-14-41(36)30-42/h3-32H,1-2H2/b20-19-. The molecule has 0 aromatic heterocycles. The van der Waals surface area contributed by atoms with Crippen LogP contribution in [-0.4, -0.2) is 0 Å². The molecule has 0 spiro atoms. The predicted octanol–water partition coefficient (Wildman–Crippen LogP) is 14.1. The van der Waals surface area contributed by atoms with Crippen molar-refractivity contribution in [2.24, 2.45) is 0 Å². The van der Waals surface area contributed by atoms with Crippen LogP contribution in [0.2, 0.25) is 0 Å². The molecule has 234 valence electrons. The van der Waals surface area contributed by atoms with Crippen LogP contribution in [0.1, 0.15) is 11.1 Å². The summed E-state index contributed by atoms with van der Waals surface area (Å²) in [4.78, 5) is 0. The Hall–Kier alpha value is -6.50. The minimum Gasteiger partial charge on any atom is -0.0912 e. The first-order chi connectivity index (χ1) is 24.6. The lowest BCUT2D eigenvalue weighted by Gasteiger charge is -2.16. The summed E-state index contributed by atoms with van der Waals surface area (Å²) in [5.41, 5.74) is 9.06. The van der Waals surface area contributed by atoms with Gasteiger partial charge in [-0.1, -0.05) is 171 Å². The molecule has 0 bridgehead atoms. The van der Waals surface area contributed by atoms with Gasteiger partial charge in [0.25, 0.3) is 0 Å². The van der Waals surface area contributed by atoms with Gasteiger partial charge in [-0.05, 0) is 123 Å². The van der Waals surface area contributed by atoms with Gasteiger partial charge in [0, 0.05) is 0 Å². The van der Waals surface area contributed by atoms with Crippen LogP contribution in [0, 0.1) is 0 Å². The molecule has 9 aromatic rings. The van der Waals surface area contributed by atoms with Crippen molar-refractivity contribution in [2.45, 2.75) is 0 Å². The molecule has 0 aliphatic heterocycles. The molecule has 50 heavy (non-hydrogen) atoms. The van der Waals surface area contributed by atoms with Crippen molar-refractivity contribution < 1.29 is 0 Å². The summed E-state index contributed by atoms with van der Waals surface area (Å²) in [5.74, 6) is 0. The third-order valence-corrected chi connectivity index (χ3v) is 10.1. The maximum Gasteiger partial charge on any atom is -0.00923 e. The quantitative estimate of drug-likeness (QED) is 0.126. The second-order valence-electron chi connectivity index (χ2n) is 13.1. The molecule has 0 heteroatoms. The lowest BCUT2D eigenvalue weighted by atomic mass is 9.87. The van der Waals surface area contributed by atoms with Gasteiger partial charge in [-0.2, -0.15) is 0 Å². The van der Waals surface area contributed by atoms with E-state index in [1.807, 2.05) is 0 Å². The Morgan fingerprint density at radius 3 is 1.56 bits per heavy atom. The highest BCUT2D eigenvalue weighted by Crippen LogP contribution is 2.41. The van der Waals surface area contributed by atoms with Gasteiger partial charge in [0.2, 0.25) is 0 Å². The first-order valence-corrected chi connectivity index (χ1v) is 17.1. The summed E-state index contributed by atoms with van der Waals surface area (Å²) < 4.78 is 0. The van der Waals surface area contributed by atoms with E-state index < -0.39 is 0 Å². The second kappa shape index (κ2) is 12.2. The fraction of sp³-hybridized carbons (Fsp3) is 0. The molecular formula is C50H34. The van der Waals surface area contributed by atoms with E-state index in [4.69, 9.17) is 0 Å². The van der Waals surface area contributed by atoms with Crippen LogP contribution in [0.25, 0.3) is 87.3 Å². The third kappa shape index (κ3) is 5.19. The molecule has 0 nitrogen and oxygen atoms in total. The highest BCUT2D eigenvalue weighted by atomic mass is 14.2. The van der Waals surface area contributed by atoms with Gasteiger partial charge >= 0.3 is 0 Å². The summed E-state index contributed by atoms with van der Waals surface area (Å²) in [6.45, 7) is 8.96. The van der Waals surface area contributed by atoms with Gasteiger partial charge in [0.1, 0.15) is 0 Å². The van der Waals surface area contributed by atoms with E-state index in [1.54, 1.807) is 0 Å². The summed E-state index contributed by atoms with van der Waals surface area (Å²) in [6, 6.07) is 61.4. The highest BCUT2D eigenvalue weighted by Gasteiger charge is 2.14. The Labute approximate surface area is 292 Å². The number of rotatable bonds is 6. The van der Waals surface area contributed by atoms with E-state index >= 15 is 0 Å². The Bertz CT molecular complexity index is 2830. The average Bonchev–Trinajstić information content (AvgIpc) is 3.18. The van der Waals surface area contributed by atoms with E-state index in [1.165, 1.54) is 76.1 Å². The first kappa shape index (κ1) is 29.6. The van der Waals surface area contributed by atoms with E-state index in [0.717, 1.165) is 22.3 Å². The van der Waals surface area contributed by atoms with Crippen molar-refractivity contribution in [1.82, 2.24) is 0 Å². The third-order valence-electron chi connectivity index (χ3n) is 10.1. The monoisotopic (exact) mass is 634 g/mol. The fourth-order valence-electron chi connectivity index (χ4n) is 7.44. The smallest absolute Gasteiger partial charge is 0.00923 e. The molecule has 0 unspecified atom stereocenters. The molecule has 0 saturated carbocycles. The van der Waals surface area contributed by atoms with E-state index in [2.05, 4.69) is 195 Å². The van der Waals surface area contributed by atoms with Gasteiger partial charge in [0.05, 0.1) is 0 Å². The maximum atomic E-state index is 4.56. The molecule has 0 N–H and O–H groups in total. The Balaban J connectivity index is 1.12. The van der Waals surface area contributed by atoms with Gasteiger partial charge in [-0.25, -0.2) is 0 Å². The fourth-order valence-corrected chi connectivity index (χ4v) is 7.44. The SMILES string of the molecule is C=C(/C=C\C(=C)c1cc2c3ccccc3c(-c3ccc(-c4ccc5ccccc5c4)cc3)cc2c2ccccc12)c1ccc2ccccc2c1. The predicted molar refractivity (Wildman–Crippen MR) is 218 cm³/mol. The topological polar surface area (TPSA) is 0 Å². The average molecular weight is 635 g/mol. The van der Waals surface area contributed by atoms with Gasteiger partial charge in [0.15, 0.2) is 0 Å². The van der Waals surface area contributed by atoms with Gasteiger partial charge in [-0.3, -0.25) is 0 Å². The molecule has 0 aliphatic rings. The van der Waals surface area contributed by atoms with Crippen molar-refractivity contribution in [1.29, 1.82) is 0 Å². The molecule has 0 aliphatic carbocycles. The van der Waals surface area contributed by atoms with E-state index in [9.17, 15) is 0 Å². The summed E-state index contributed by atoms with van der Waals surface area (Å²) >= 11 is 0. The van der Waals surface area contributed by atoms with Crippen molar-refractivity contribution in [3.05, 3.63) is 206 Å². The summed E-state index contributed by atoms with van der Waals surface area (Å²) in [6.07, 6.45) is 4.20. The van der Waals surface area contributed by atoms with Crippen LogP contribution in [0.3, 0.4) is 0 Å². The largest absolute Gasteiger partial charge is 0.0912 e. The zero-order chi connectivity index (χ0) is 33.6. The van der Waals surface area contributed by atoms with Crippen molar-refractivity contribution >= 4 is 65.0 Å². The second-order valence-corrected chi connectivity index (χ2v) is 13.1. The van der Waals surface area contributed by atoms with E-state index in [-0.39, 0.29) is 0 Å². The maximum absolute atomic E-state index is 4.56. The van der Waals surface area contributed by atoms with Crippen LogP contribution >= 0.6 is 0 Å². The molecule has 0 radical (unpaired) electrons. The highest BCUT2D eigenvalue weighted by molar-refractivity contribution is 6.23. The lowest BCUT2D eigenvalue weighted by molar-refractivity contribution is 1.63. The molecule has 0 atom stereocenters. The lowest BCUT2D eigenvalue weighted by Crippen LogP contribution is -1.90. The Morgan fingerprint density at radius 2 is 0.840 bits per heavy atom. The summed E-state index contributed by atoms with van der Waals surface area (Å²) in [7, 11) is 0. The normalized spacial score (nSPS) is 11.7. The molecular weight excluding hydrogens is 601 g/mol. The number of hydrogen-bond acceptors (Lipinski definition) is 0. The first-order valence-electron chi connectivity index (χ1n) is 17.1. The number of allylic oxidation sites excluding steroid dienone is 4. The van der Waals surface area contributed by atoms with Crippen LogP contribution in [0.4, 0.5) is 0 Å². The zero-order valence-electron chi connectivity index (χ0n) is 27.7. The van der Waals surface area contributed by atoms with Gasteiger partial charge in [-0.15, -0.1) is 0 Å². The van der Waals surface area contributed by atoms with Gasteiger partial charge < -0.3 is 0 Å². The van der Waals surface area contributed by atoms with Crippen LogP contribution in [0.5, 0.6) is 0 Å². The Kier molecular flexibility index (Phi) is 7.22. The van der Waals surface area contributed by atoms with E-state index in [0.29, 0.717) is 0 Å². The zero-order valence-corrected chi connectivity index (χ0v) is 27.7. The number of hydrogen-bond donors (Lipinski definition) is 0. The van der Waals surface area contributed by atoms with Crippen molar-refractivity contribution in [3.8, 4) is 22.3 Å². The van der Waals surface area contributed by atoms with Crippen LogP contribution in [0.15, 0.2) is 195 Å². The molecule has 9 aromatic carbocycles. The molecule has 0 fully saturated rings. The molecule has 0 heterocycles. The minimum atomic E-state index is 0.961. The summed E-state index contributed by atoms with van der Waals surface area (Å²) in [5, 5.41) is 12.3.